The Labute approximate surface area is 126 Å². The summed E-state index contributed by atoms with van der Waals surface area (Å²) in [6, 6.07) is 7.29. The highest BCUT2D eigenvalue weighted by molar-refractivity contribution is 7.98. The van der Waals surface area contributed by atoms with Crippen molar-refractivity contribution in [2.45, 2.75) is 49.3 Å². The molecule has 0 nitrogen and oxygen atoms in total. The topological polar surface area (TPSA) is 0 Å². The minimum atomic E-state index is 0.720. The normalized spacial score (nSPS) is 40.2. The third-order valence-corrected chi connectivity index (χ3v) is 7.51. The van der Waals surface area contributed by atoms with Gasteiger partial charge in [0.1, 0.15) is 0 Å². The lowest BCUT2D eigenvalue weighted by Gasteiger charge is -2.45. The van der Waals surface area contributed by atoms with E-state index in [1.165, 1.54) is 43.4 Å². The van der Waals surface area contributed by atoms with Gasteiger partial charge in [-0.15, -0.1) is 11.8 Å². The molecule has 1 aromatic carbocycles. The van der Waals surface area contributed by atoms with Crippen molar-refractivity contribution in [2.75, 3.05) is 6.26 Å². The summed E-state index contributed by atoms with van der Waals surface area (Å²) in [5, 5.41) is 0. The molecule has 5 rings (SSSR count). The van der Waals surface area contributed by atoms with Crippen LogP contribution < -0.4 is 0 Å². The van der Waals surface area contributed by atoms with Gasteiger partial charge in [0, 0.05) is 4.90 Å². The molecular formula is C19H22S. The lowest BCUT2D eigenvalue weighted by atomic mass is 9.59. The Kier molecular flexibility index (Phi) is 2.35. The van der Waals surface area contributed by atoms with E-state index in [1.807, 2.05) is 17.3 Å². The molecule has 1 aromatic rings. The van der Waals surface area contributed by atoms with Crippen LogP contribution in [0.3, 0.4) is 0 Å². The molecule has 2 saturated carbocycles. The van der Waals surface area contributed by atoms with Crippen LogP contribution in [0.15, 0.2) is 34.7 Å². The number of fused-ring (bicyclic) bond motifs is 4. The van der Waals surface area contributed by atoms with Crippen LogP contribution in [0.1, 0.15) is 49.1 Å². The lowest BCUT2D eigenvalue weighted by molar-refractivity contribution is 0.113. The summed E-state index contributed by atoms with van der Waals surface area (Å²) in [4.78, 5) is 1.45. The zero-order valence-electron chi connectivity index (χ0n) is 12.2. The van der Waals surface area contributed by atoms with Crippen LogP contribution in [0.5, 0.6) is 0 Å². The Hall–Kier alpha value is -0.690. The van der Waals surface area contributed by atoms with E-state index in [4.69, 9.17) is 0 Å². The van der Waals surface area contributed by atoms with Crippen LogP contribution in [-0.4, -0.2) is 6.26 Å². The number of benzene rings is 1. The van der Waals surface area contributed by atoms with Crippen LogP contribution in [0.4, 0.5) is 0 Å². The maximum atomic E-state index is 2.60. The predicted molar refractivity (Wildman–Crippen MR) is 85.2 cm³/mol. The minimum Gasteiger partial charge on any atom is -0.130 e. The molecule has 0 aromatic heterocycles. The molecule has 4 aliphatic rings. The van der Waals surface area contributed by atoms with E-state index in [0.29, 0.717) is 0 Å². The summed E-state index contributed by atoms with van der Waals surface area (Å²) >= 11 is 1.88. The summed E-state index contributed by atoms with van der Waals surface area (Å²) in [6.07, 6.45) is 13.3. The second-order valence-electron chi connectivity index (χ2n) is 7.32. The van der Waals surface area contributed by atoms with Gasteiger partial charge in [-0.3, -0.25) is 0 Å². The molecule has 1 heteroatoms. The van der Waals surface area contributed by atoms with Gasteiger partial charge in [-0.2, -0.15) is 0 Å². The Morgan fingerprint density at radius 3 is 3.05 bits per heavy atom. The lowest BCUT2D eigenvalue weighted by Crippen LogP contribution is -2.36. The molecule has 20 heavy (non-hydrogen) atoms. The SMILES string of the molecule is CSc1ccc2c(c1)CCC1C2CCC23CC2=CCC13. The Morgan fingerprint density at radius 1 is 1.25 bits per heavy atom. The van der Waals surface area contributed by atoms with E-state index in [2.05, 4.69) is 30.5 Å². The Morgan fingerprint density at radius 2 is 2.20 bits per heavy atom. The van der Waals surface area contributed by atoms with Gasteiger partial charge in [0.2, 0.25) is 0 Å². The number of hydrogen-bond donors (Lipinski definition) is 0. The molecule has 4 atom stereocenters. The van der Waals surface area contributed by atoms with Gasteiger partial charge in [-0.25, -0.2) is 0 Å². The Bertz CT molecular complexity index is 614. The van der Waals surface area contributed by atoms with Gasteiger partial charge in [-0.05, 0) is 91.2 Å². The molecule has 4 unspecified atom stereocenters. The van der Waals surface area contributed by atoms with Crippen molar-refractivity contribution in [3.05, 3.63) is 41.0 Å². The highest BCUT2D eigenvalue weighted by Gasteiger charge is 2.62. The van der Waals surface area contributed by atoms with Crippen LogP contribution in [0.25, 0.3) is 0 Å². The molecular weight excluding hydrogens is 260 g/mol. The molecule has 0 saturated heterocycles. The maximum Gasteiger partial charge on any atom is 0.00720 e. The largest absolute Gasteiger partial charge is 0.130 e. The standard InChI is InChI=1S/C19H22S/c1-20-14-4-6-15-12(10-14)2-5-17-16(15)8-9-19-11-13(19)3-7-18(17)19/h3-4,6,10,16-18H,2,5,7-9,11H2,1H3. The third kappa shape index (κ3) is 1.40. The zero-order valence-corrected chi connectivity index (χ0v) is 13.0. The van der Waals surface area contributed by atoms with Crippen molar-refractivity contribution < 1.29 is 0 Å². The first-order chi connectivity index (χ1) is 9.82. The maximum absolute atomic E-state index is 2.60. The zero-order chi connectivity index (χ0) is 13.3. The molecule has 0 bridgehead atoms. The number of thioether (sulfide) groups is 1. The predicted octanol–water partition coefficient (Wildman–Crippen LogP) is 5.18. The van der Waals surface area contributed by atoms with Crippen molar-refractivity contribution in [2.24, 2.45) is 17.3 Å². The summed E-state index contributed by atoms with van der Waals surface area (Å²) < 4.78 is 0. The molecule has 104 valence electrons. The molecule has 1 spiro atoms. The Balaban J connectivity index is 1.53. The van der Waals surface area contributed by atoms with Crippen LogP contribution >= 0.6 is 11.8 Å². The molecule has 0 aliphatic heterocycles. The molecule has 0 N–H and O–H groups in total. The van der Waals surface area contributed by atoms with Crippen molar-refractivity contribution in [1.82, 2.24) is 0 Å². The first-order valence-corrected chi connectivity index (χ1v) is 9.41. The summed E-state index contributed by atoms with van der Waals surface area (Å²) in [6.45, 7) is 0. The molecule has 2 fully saturated rings. The summed E-state index contributed by atoms with van der Waals surface area (Å²) in [5.74, 6) is 2.86. The first kappa shape index (κ1) is 11.9. The number of allylic oxidation sites excluding steroid dienone is 2. The van der Waals surface area contributed by atoms with E-state index in [0.717, 1.165) is 23.2 Å². The highest BCUT2D eigenvalue weighted by atomic mass is 32.2. The fraction of sp³-hybridized carbons (Fsp3) is 0.579. The smallest absolute Gasteiger partial charge is 0.00720 e. The van der Waals surface area contributed by atoms with E-state index in [9.17, 15) is 0 Å². The van der Waals surface area contributed by atoms with Gasteiger partial charge in [0.15, 0.2) is 0 Å². The van der Waals surface area contributed by atoms with Crippen molar-refractivity contribution in [1.29, 1.82) is 0 Å². The van der Waals surface area contributed by atoms with E-state index in [-0.39, 0.29) is 0 Å². The number of hydrogen-bond acceptors (Lipinski definition) is 1. The average Bonchev–Trinajstić information content (AvgIpc) is 3.07. The van der Waals surface area contributed by atoms with Gasteiger partial charge in [-0.1, -0.05) is 17.7 Å². The van der Waals surface area contributed by atoms with Crippen molar-refractivity contribution >= 4 is 11.8 Å². The van der Waals surface area contributed by atoms with Gasteiger partial charge in [0.25, 0.3) is 0 Å². The van der Waals surface area contributed by atoms with E-state index >= 15 is 0 Å². The molecule has 0 heterocycles. The van der Waals surface area contributed by atoms with Gasteiger partial charge in [0.05, 0.1) is 0 Å². The average molecular weight is 282 g/mol. The van der Waals surface area contributed by atoms with Crippen LogP contribution in [0.2, 0.25) is 0 Å². The highest BCUT2D eigenvalue weighted by Crippen LogP contribution is 2.72. The van der Waals surface area contributed by atoms with Gasteiger partial charge >= 0.3 is 0 Å². The molecule has 4 aliphatic carbocycles. The quantitative estimate of drug-likeness (QED) is 0.505. The first-order valence-electron chi connectivity index (χ1n) is 8.18. The second-order valence-corrected chi connectivity index (χ2v) is 8.20. The van der Waals surface area contributed by atoms with Crippen molar-refractivity contribution in [3.8, 4) is 0 Å². The summed E-state index contributed by atoms with van der Waals surface area (Å²) in [7, 11) is 0. The van der Waals surface area contributed by atoms with Crippen LogP contribution in [-0.2, 0) is 6.42 Å². The van der Waals surface area contributed by atoms with E-state index < -0.39 is 0 Å². The van der Waals surface area contributed by atoms with E-state index in [1.54, 1.807) is 11.1 Å². The fourth-order valence-electron chi connectivity index (χ4n) is 5.76. The second kappa shape index (κ2) is 3.94. The fourth-order valence-corrected chi connectivity index (χ4v) is 6.22. The van der Waals surface area contributed by atoms with Crippen molar-refractivity contribution in [3.63, 3.8) is 0 Å². The minimum absolute atomic E-state index is 0.720. The monoisotopic (exact) mass is 282 g/mol. The number of aryl methyl sites for hydroxylation is 1. The van der Waals surface area contributed by atoms with Gasteiger partial charge < -0.3 is 0 Å². The molecule has 0 amide bonds. The third-order valence-electron chi connectivity index (χ3n) is 6.78. The summed E-state index contributed by atoms with van der Waals surface area (Å²) in [5.41, 5.74) is 5.93. The number of rotatable bonds is 1. The molecule has 0 radical (unpaired) electrons. The van der Waals surface area contributed by atoms with Crippen LogP contribution in [0, 0.1) is 17.3 Å².